The van der Waals surface area contributed by atoms with Gasteiger partial charge >= 0.3 is 0 Å². The summed E-state index contributed by atoms with van der Waals surface area (Å²) in [4.78, 5) is 28.9. The fourth-order valence-corrected chi connectivity index (χ4v) is 8.96. The number of fused-ring (bicyclic) bond motifs is 3. The van der Waals surface area contributed by atoms with Crippen LogP contribution in [0.25, 0.3) is 6.08 Å². The van der Waals surface area contributed by atoms with Crippen molar-refractivity contribution in [2.24, 2.45) is 0 Å². The fraction of sp³-hybridized carbons (Fsp3) is 0.0714. The van der Waals surface area contributed by atoms with E-state index in [1.165, 1.54) is 21.7 Å². The number of thiophene rings is 1. The van der Waals surface area contributed by atoms with Gasteiger partial charge in [0.25, 0.3) is 0 Å². The van der Waals surface area contributed by atoms with Crippen molar-refractivity contribution in [2.45, 2.75) is 13.1 Å². The highest BCUT2D eigenvalue weighted by atomic mass is 32.1. The number of hydrogen-bond acceptors (Lipinski definition) is 4. The Morgan fingerprint density at radius 1 is 0.697 bits per heavy atom. The Bertz CT molecular complexity index is 1410. The van der Waals surface area contributed by atoms with Crippen LogP contribution in [0.5, 0.6) is 0 Å². The Kier molecular flexibility index (Phi) is 4.40. The first kappa shape index (κ1) is 20.1. The number of carbonyl (C=O) groups is 2. The van der Waals surface area contributed by atoms with Gasteiger partial charge in [0, 0.05) is 27.4 Å². The van der Waals surface area contributed by atoms with Crippen LogP contribution in [0.3, 0.4) is 0 Å². The zero-order valence-corrected chi connectivity index (χ0v) is 20.1. The maximum atomic E-state index is 12.8. The summed E-state index contributed by atoms with van der Waals surface area (Å²) < 4.78 is 0. The second-order valence-electron chi connectivity index (χ2n) is 8.93. The number of allylic oxidation sites excluding steroid dienone is 1. The molecule has 1 aliphatic carbocycles. The molecule has 0 saturated carbocycles. The summed E-state index contributed by atoms with van der Waals surface area (Å²) in [6.07, 6.45) is 1.75. The zero-order chi connectivity index (χ0) is 22.7. The highest BCUT2D eigenvalue weighted by Crippen LogP contribution is 2.42. The first-order chi connectivity index (χ1) is 16.0. The summed E-state index contributed by atoms with van der Waals surface area (Å²) in [7, 11) is -1.82. The molecule has 0 spiro atoms. The summed E-state index contributed by atoms with van der Waals surface area (Å²) in [6, 6.07) is 28.5. The smallest absolute Gasteiger partial charge is 0.197 e. The standard InChI is InChI=1S/C28H21NO2SSi/c1-33(2)24-13-7-5-11-22(24)29(23-12-6-8-14-25(23)33)26-16-15-18(32-26)17-21-27(30)19-9-3-4-10-20(19)28(21)31/h3-17H,1-2H3. The first-order valence-electron chi connectivity index (χ1n) is 11.0. The predicted octanol–water partition coefficient (Wildman–Crippen LogP) is 5.82. The highest BCUT2D eigenvalue weighted by molar-refractivity contribution is 7.17. The number of benzene rings is 3. The second kappa shape index (κ2) is 7.23. The lowest BCUT2D eigenvalue weighted by Gasteiger charge is -2.40. The molecule has 0 fully saturated rings. The largest absolute Gasteiger partial charge is 0.302 e. The van der Waals surface area contributed by atoms with Gasteiger partial charge in [-0.3, -0.25) is 9.59 Å². The van der Waals surface area contributed by atoms with Gasteiger partial charge in [0.05, 0.1) is 5.57 Å². The molecule has 160 valence electrons. The number of Topliss-reactive ketones (excluding diaryl/α,β-unsaturated/α-hetero) is 2. The molecule has 0 bridgehead atoms. The van der Waals surface area contributed by atoms with Crippen LogP contribution in [0.4, 0.5) is 16.4 Å². The van der Waals surface area contributed by atoms with Gasteiger partial charge in [-0.25, -0.2) is 0 Å². The Balaban J connectivity index is 1.45. The molecule has 4 aromatic rings. The molecule has 0 amide bonds. The monoisotopic (exact) mass is 463 g/mol. The van der Waals surface area contributed by atoms with Gasteiger partial charge in [-0.05, 0) is 40.7 Å². The van der Waals surface area contributed by atoms with Gasteiger partial charge in [-0.2, -0.15) is 0 Å². The van der Waals surface area contributed by atoms with E-state index in [9.17, 15) is 9.59 Å². The Hall–Kier alpha value is -3.54. The van der Waals surface area contributed by atoms with Crippen molar-refractivity contribution in [1.29, 1.82) is 0 Å². The number of rotatable bonds is 2. The van der Waals surface area contributed by atoms with E-state index < -0.39 is 8.07 Å². The number of carbonyl (C=O) groups excluding carboxylic acids is 2. The van der Waals surface area contributed by atoms with Gasteiger partial charge in [0.1, 0.15) is 13.1 Å². The summed E-state index contributed by atoms with van der Waals surface area (Å²) in [5, 5.41) is 3.89. The molecule has 3 aromatic carbocycles. The summed E-state index contributed by atoms with van der Waals surface area (Å²) in [6.45, 7) is 4.81. The maximum absolute atomic E-state index is 12.8. The number of para-hydroxylation sites is 2. The average molecular weight is 464 g/mol. The van der Waals surface area contributed by atoms with Crippen LogP contribution in [0.15, 0.2) is 90.5 Å². The molecule has 3 nitrogen and oxygen atoms in total. The van der Waals surface area contributed by atoms with Crippen molar-refractivity contribution in [2.75, 3.05) is 4.90 Å². The van der Waals surface area contributed by atoms with Crippen LogP contribution in [0, 0.1) is 0 Å². The third-order valence-electron chi connectivity index (χ3n) is 6.66. The van der Waals surface area contributed by atoms with Crippen LogP contribution in [0.1, 0.15) is 25.6 Å². The Morgan fingerprint density at radius 2 is 1.21 bits per heavy atom. The van der Waals surface area contributed by atoms with Crippen molar-refractivity contribution in [3.05, 3.63) is 107 Å². The number of ketones is 2. The molecule has 1 aromatic heterocycles. The minimum atomic E-state index is -1.82. The molecule has 2 heterocycles. The van der Waals surface area contributed by atoms with E-state index in [2.05, 4.69) is 72.6 Å². The van der Waals surface area contributed by atoms with Crippen LogP contribution in [0.2, 0.25) is 13.1 Å². The molecule has 0 radical (unpaired) electrons. The summed E-state index contributed by atoms with van der Waals surface area (Å²) in [5.41, 5.74) is 3.68. The van der Waals surface area contributed by atoms with Crippen LogP contribution >= 0.6 is 11.3 Å². The first-order valence-corrected chi connectivity index (χ1v) is 14.8. The quantitative estimate of drug-likeness (QED) is 0.214. The topological polar surface area (TPSA) is 37.4 Å². The lowest BCUT2D eigenvalue weighted by molar-refractivity contribution is 0.0990. The van der Waals surface area contributed by atoms with E-state index in [0.717, 1.165) is 9.88 Å². The van der Waals surface area contributed by atoms with Crippen molar-refractivity contribution in [3.8, 4) is 0 Å². The third kappa shape index (κ3) is 2.93. The molecule has 0 saturated heterocycles. The molecular weight excluding hydrogens is 442 g/mol. The summed E-state index contributed by atoms with van der Waals surface area (Å²) >= 11 is 1.60. The van der Waals surface area contributed by atoms with Gasteiger partial charge in [-0.15, -0.1) is 11.3 Å². The molecule has 1 aliphatic heterocycles. The number of hydrogen-bond donors (Lipinski definition) is 0. The van der Waals surface area contributed by atoms with Crippen LogP contribution in [-0.2, 0) is 0 Å². The van der Waals surface area contributed by atoms with Gasteiger partial charge in [-0.1, -0.05) is 73.8 Å². The van der Waals surface area contributed by atoms with Gasteiger partial charge in [0.15, 0.2) is 11.6 Å². The minimum absolute atomic E-state index is 0.188. The van der Waals surface area contributed by atoms with E-state index >= 15 is 0 Å². The predicted molar refractivity (Wildman–Crippen MR) is 139 cm³/mol. The van der Waals surface area contributed by atoms with Crippen molar-refractivity contribution >= 4 is 63.8 Å². The molecule has 2 aliphatic rings. The second-order valence-corrected chi connectivity index (χ2v) is 14.4. The SMILES string of the molecule is C[Si]1(C)c2ccccc2N(c2ccc(C=C3C(=O)c4ccccc4C3=O)s2)c2ccccc21. The molecule has 5 heteroatoms. The number of nitrogens with zero attached hydrogens (tertiary/aromatic N) is 1. The Labute approximate surface area is 197 Å². The lowest BCUT2D eigenvalue weighted by Crippen LogP contribution is -2.58. The van der Waals surface area contributed by atoms with Gasteiger partial charge in [0.2, 0.25) is 0 Å². The molecular formula is C28H21NO2SSi. The highest BCUT2D eigenvalue weighted by Gasteiger charge is 2.38. The van der Waals surface area contributed by atoms with Crippen molar-refractivity contribution in [1.82, 2.24) is 0 Å². The molecule has 0 N–H and O–H groups in total. The average Bonchev–Trinajstić information content (AvgIpc) is 3.39. The summed E-state index contributed by atoms with van der Waals surface area (Å²) in [5.74, 6) is -0.376. The van der Waals surface area contributed by atoms with Crippen molar-refractivity contribution < 1.29 is 9.59 Å². The van der Waals surface area contributed by atoms with E-state index in [1.807, 2.05) is 6.07 Å². The lowest BCUT2D eigenvalue weighted by atomic mass is 10.1. The van der Waals surface area contributed by atoms with Gasteiger partial charge < -0.3 is 4.90 Å². The third-order valence-corrected chi connectivity index (χ3v) is 11.2. The molecule has 0 unspecified atom stereocenters. The van der Waals surface area contributed by atoms with E-state index in [-0.39, 0.29) is 17.1 Å². The maximum Gasteiger partial charge on any atom is 0.197 e. The Morgan fingerprint density at radius 3 is 1.79 bits per heavy atom. The minimum Gasteiger partial charge on any atom is -0.302 e. The van der Waals surface area contributed by atoms with Crippen molar-refractivity contribution in [3.63, 3.8) is 0 Å². The fourth-order valence-electron chi connectivity index (χ4n) is 4.99. The number of anilines is 3. The van der Waals surface area contributed by atoms with E-state index in [0.29, 0.717) is 11.1 Å². The molecule has 6 rings (SSSR count). The normalized spacial score (nSPS) is 15.8. The van der Waals surface area contributed by atoms with E-state index in [4.69, 9.17) is 0 Å². The van der Waals surface area contributed by atoms with E-state index in [1.54, 1.807) is 41.7 Å². The van der Waals surface area contributed by atoms with Crippen LogP contribution < -0.4 is 15.3 Å². The van der Waals surface area contributed by atoms with Crippen LogP contribution in [-0.4, -0.2) is 19.6 Å². The zero-order valence-electron chi connectivity index (χ0n) is 18.3. The molecule has 33 heavy (non-hydrogen) atoms. The molecule has 0 atom stereocenters.